The SMILES string of the molecule is Clc1cccc2c1-c1c3ccccc3cc3cccc-2c13. The van der Waals surface area contributed by atoms with Crippen LogP contribution in [0, 0.1) is 0 Å². The Hall–Kier alpha value is -2.31. The molecule has 0 radical (unpaired) electrons. The van der Waals surface area contributed by atoms with Crippen molar-refractivity contribution in [3.8, 4) is 22.3 Å². The summed E-state index contributed by atoms with van der Waals surface area (Å²) in [7, 11) is 0. The quantitative estimate of drug-likeness (QED) is 0.293. The standard InChI is InChI=1S/C20H11Cl/c21-17-10-4-9-16-15-8-3-6-13-11-12-5-1-2-7-14(12)20(18(13)15)19(16)17/h1-11H. The van der Waals surface area contributed by atoms with Crippen LogP contribution in [0.5, 0.6) is 0 Å². The summed E-state index contributed by atoms with van der Waals surface area (Å²) >= 11 is 6.55. The van der Waals surface area contributed by atoms with Gasteiger partial charge in [-0.3, -0.25) is 0 Å². The van der Waals surface area contributed by atoms with Crippen LogP contribution in [0.25, 0.3) is 43.8 Å². The van der Waals surface area contributed by atoms with Gasteiger partial charge in [-0.05, 0) is 44.8 Å². The second kappa shape index (κ2) is 3.87. The Morgan fingerprint density at radius 1 is 0.619 bits per heavy atom. The molecule has 0 heterocycles. The summed E-state index contributed by atoms with van der Waals surface area (Å²) in [5.74, 6) is 0. The monoisotopic (exact) mass is 286 g/mol. The van der Waals surface area contributed by atoms with Gasteiger partial charge in [0.15, 0.2) is 0 Å². The van der Waals surface area contributed by atoms with Crippen LogP contribution in [0.2, 0.25) is 5.02 Å². The summed E-state index contributed by atoms with van der Waals surface area (Å²) in [6, 6.07) is 23.5. The maximum Gasteiger partial charge on any atom is 0.0491 e. The molecule has 0 saturated carbocycles. The Morgan fingerprint density at radius 3 is 2.33 bits per heavy atom. The molecule has 0 atom stereocenters. The third kappa shape index (κ3) is 1.36. The zero-order valence-electron chi connectivity index (χ0n) is 11.2. The van der Waals surface area contributed by atoms with E-state index in [9.17, 15) is 0 Å². The van der Waals surface area contributed by atoms with Crippen LogP contribution in [-0.2, 0) is 0 Å². The smallest absolute Gasteiger partial charge is 0.0491 e. The highest BCUT2D eigenvalue weighted by atomic mass is 35.5. The predicted octanol–water partition coefficient (Wildman–Crippen LogP) is 6.29. The molecule has 0 fully saturated rings. The maximum absolute atomic E-state index is 6.55. The van der Waals surface area contributed by atoms with Crippen LogP contribution in [0.1, 0.15) is 0 Å². The van der Waals surface area contributed by atoms with E-state index < -0.39 is 0 Å². The van der Waals surface area contributed by atoms with Gasteiger partial charge in [-0.2, -0.15) is 0 Å². The van der Waals surface area contributed by atoms with Crippen molar-refractivity contribution in [2.45, 2.75) is 0 Å². The lowest BCUT2D eigenvalue weighted by Gasteiger charge is -2.08. The van der Waals surface area contributed by atoms with Crippen molar-refractivity contribution in [1.82, 2.24) is 0 Å². The maximum atomic E-state index is 6.55. The lowest BCUT2D eigenvalue weighted by molar-refractivity contribution is 1.70. The second-order valence-electron chi connectivity index (χ2n) is 5.54. The van der Waals surface area contributed by atoms with Crippen LogP contribution in [-0.4, -0.2) is 0 Å². The van der Waals surface area contributed by atoms with Crippen LogP contribution < -0.4 is 0 Å². The van der Waals surface area contributed by atoms with E-state index in [4.69, 9.17) is 11.6 Å². The normalized spacial score (nSPS) is 12.0. The van der Waals surface area contributed by atoms with Crippen molar-refractivity contribution in [1.29, 1.82) is 0 Å². The van der Waals surface area contributed by atoms with Crippen LogP contribution >= 0.6 is 11.6 Å². The minimum Gasteiger partial charge on any atom is -0.0836 e. The molecule has 0 amide bonds. The number of hydrogen-bond acceptors (Lipinski definition) is 0. The van der Waals surface area contributed by atoms with Crippen LogP contribution in [0.3, 0.4) is 0 Å². The Bertz CT molecular complexity index is 1040. The molecule has 0 unspecified atom stereocenters. The van der Waals surface area contributed by atoms with Gasteiger partial charge in [0.1, 0.15) is 0 Å². The second-order valence-corrected chi connectivity index (χ2v) is 5.95. The zero-order valence-corrected chi connectivity index (χ0v) is 12.0. The molecular formula is C20H11Cl. The molecule has 4 aromatic carbocycles. The van der Waals surface area contributed by atoms with Crippen molar-refractivity contribution in [3.05, 3.63) is 71.8 Å². The first kappa shape index (κ1) is 11.4. The molecule has 98 valence electrons. The van der Waals surface area contributed by atoms with E-state index in [2.05, 4.69) is 54.6 Å². The zero-order chi connectivity index (χ0) is 14.0. The molecule has 0 aliphatic heterocycles. The van der Waals surface area contributed by atoms with Gasteiger partial charge in [-0.1, -0.05) is 66.2 Å². The minimum absolute atomic E-state index is 0.835. The molecule has 5 rings (SSSR count). The van der Waals surface area contributed by atoms with Gasteiger partial charge in [0, 0.05) is 16.1 Å². The highest BCUT2D eigenvalue weighted by Gasteiger charge is 2.25. The Kier molecular flexibility index (Phi) is 2.09. The van der Waals surface area contributed by atoms with E-state index in [-0.39, 0.29) is 0 Å². The van der Waals surface area contributed by atoms with Crippen molar-refractivity contribution >= 4 is 33.1 Å². The molecule has 4 aromatic rings. The fourth-order valence-corrected chi connectivity index (χ4v) is 3.88. The van der Waals surface area contributed by atoms with Crippen LogP contribution in [0.15, 0.2) is 66.7 Å². The van der Waals surface area contributed by atoms with Crippen molar-refractivity contribution in [3.63, 3.8) is 0 Å². The Balaban J connectivity index is 2.15. The number of benzene rings is 4. The topological polar surface area (TPSA) is 0 Å². The highest BCUT2D eigenvalue weighted by molar-refractivity contribution is 6.37. The minimum atomic E-state index is 0.835. The number of halogens is 1. The third-order valence-electron chi connectivity index (χ3n) is 4.44. The predicted molar refractivity (Wildman–Crippen MR) is 90.9 cm³/mol. The van der Waals surface area contributed by atoms with E-state index in [0.717, 1.165) is 5.02 Å². The molecular weight excluding hydrogens is 276 g/mol. The van der Waals surface area contributed by atoms with E-state index in [1.165, 1.54) is 43.8 Å². The fourth-order valence-electron chi connectivity index (χ4n) is 3.61. The molecule has 1 aliphatic rings. The van der Waals surface area contributed by atoms with Gasteiger partial charge < -0.3 is 0 Å². The van der Waals surface area contributed by atoms with Gasteiger partial charge >= 0.3 is 0 Å². The Labute approximate surface area is 127 Å². The summed E-state index contributed by atoms with van der Waals surface area (Å²) < 4.78 is 0. The molecule has 21 heavy (non-hydrogen) atoms. The molecule has 0 saturated heterocycles. The molecule has 0 aromatic heterocycles. The average molecular weight is 287 g/mol. The van der Waals surface area contributed by atoms with E-state index in [1.807, 2.05) is 12.1 Å². The highest BCUT2D eigenvalue weighted by Crippen LogP contribution is 2.52. The van der Waals surface area contributed by atoms with Gasteiger partial charge in [0.25, 0.3) is 0 Å². The third-order valence-corrected chi connectivity index (χ3v) is 4.76. The fraction of sp³-hybridized carbons (Fsp3) is 0. The van der Waals surface area contributed by atoms with E-state index in [0.29, 0.717) is 0 Å². The first-order valence-corrected chi connectivity index (χ1v) is 7.46. The molecule has 0 spiro atoms. The largest absolute Gasteiger partial charge is 0.0836 e. The average Bonchev–Trinajstić information content (AvgIpc) is 2.86. The van der Waals surface area contributed by atoms with Gasteiger partial charge in [0.05, 0.1) is 0 Å². The van der Waals surface area contributed by atoms with Gasteiger partial charge in [-0.25, -0.2) is 0 Å². The van der Waals surface area contributed by atoms with Crippen LogP contribution in [0.4, 0.5) is 0 Å². The van der Waals surface area contributed by atoms with Gasteiger partial charge in [0.2, 0.25) is 0 Å². The summed E-state index contributed by atoms with van der Waals surface area (Å²) in [6.45, 7) is 0. The number of fused-ring (bicyclic) bond motifs is 5. The lowest BCUT2D eigenvalue weighted by Crippen LogP contribution is -1.81. The van der Waals surface area contributed by atoms with E-state index >= 15 is 0 Å². The number of hydrogen-bond donors (Lipinski definition) is 0. The first-order valence-electron chi connectivity index (χ1n) is 7.08. The number of rotatable bonds is 0. The van der Waals surface area contributed by atoms with Gasteiger partial charge in [-0.15, -0.1) is 0 Å². The summed E-state index contributed by atoms with van der Waals surface area (Å²) in [5.41, 5.74) is 5.02. The van der Waals surface area contributed by atoms with E-state index in [1.54, 1.807) is 0 Å². The van der Waals surface area contributed by atoms with Crippen molar-refractivity contribution < 1.29 is 0 Å². The first-order chi connectivity index (χ1) is 10.3. The molecule has 1 aliphatic carbocycles. The summed E-state index contributed by atoms with van der Waals surface area (Å²) in [5, 5.41) is 6.00. The molecule has 1 heteroatoms. The summed E-state index contributed by atoms with van der Waals surface area (Å²) in [4.78, 5) is 0. The van der Waals surface area contributed by atoms with Crippen molar-refractivity contribution in [2.75, 3.05) is 0 Å². The molecule has 0 nitrogen and oxygen atoms in total. The summed E-state index contributed by atoms with van der Waals surface area (Å²) in [6.07, 6.45) is 0. The van der Waals surface area contributed by atoms with Crippen molar-refractivity contribution in [2.24, 2.45) is 0 Å². The lowest BCUT2D eigenvalue weighted by atomic mass is 9.96. The molecule has 0 N–H and O–H groups in total. The Morgan fingerprint density at radius 2 is 1.38 bits per heavy atom. The molecule has 0 bridgehead atoms.